The van der Waals surface area contributed by atoms with Gasteiger partial charge in [0.2, 0.25) is 11.8 Å². The Kier molecular flexibility index (Phi) is 4.32. The second kappa shape index (κ2) is 5.37. The van der Waals surface area contributed by atoms with Crippen LogP contribution < -0.4 is 5.32 Å². The van der Waals surface area contributed by atoms with Gasteiger partial charge in [-0.25, -0.2) is 0 Å². The average Bonchev–Trinajstić information content (AvgIpc) is 2.27. The number of carboxylic acids is 1. The van der Waals surface area contributed by atoms with Gasteiger partial charge >= 0.3 is 5.97 Å². The number of nitrogens with zero attached hydrogens (tertiary/aromatic N) is 1. The van der Waals surface area contributed by atoms with Crippen LogP contribution in [0.3, 0.4) is 0 Å². The zero-order chi connectivity index (χ0) is 13.9. The van der Waals surface area contributed by atoms with Crippen molar-refractivity contribution in [3.05, 3.63) is 0 Å². The summed E-state index contributed by atoms with van der Waals surface area (Å²) in [5, 5.41) is 11.7. The first-order chi connectivity index (χ1) is 8.26. The van der Waals surface area contributed by atoms with Crippen LogP contribution in [0.1, 0.15) is 33.6 Å². The molecule has 0 aliphatic carbocycles. The first kappa shape index (κ1) is 14.5. The predicted molar refractivity (Wildman–Crippen MR) is 64.8 cm³/mol. The smallest absolute Gasteiger partial charge is 0.311 e. The van der Waals surface area contributed by atoms with Crippen molar-refractivity contribution in [3.63, 3.8) is 0 Å². The molecule has 2 unspecified atom stereocenters. The Hall–Kier alpha value is -1.59. The number of hydrogen-bond donors (Lipinski definition) is 2. The van der Waals surface area contributed by atoms with Crippen LogP contribution in [0.25, 0.3) is 0 Å². The molecule has 6 nitrogen and oxygen atoms in total. The van der Waals surface area contributed by atoms with E-state index in [0.29, 0.717) is 19.4 Å². The molecule has 102 valence electrons. The summed E-state index contributed by atoms with van der Waals surface area (Å²) in [7, 11) is 0. The molecule has 2 N–H and O–H groups in total. The molecule has 0 saturated carbocycles. The number of piperidine rings is 1. The van der Waals surface area contributed by atoms with Crippen molar-refractivity contribution in [3.8, 4) is 0 Å². The van der Waals surface area contributed by atoms with Crippen molar-refractivity contribution >= 4 is 17.8 Å². The lowest BCUT2D eigenvalue weighted by atomic mass is 9.82. The van der Waals surface area contributed by atoms with Crippen LogP contribution in [-0.4, -0.2) is 46.9 Å². The number of carboxylic acid groups (broad SMARTS) is 1. The highest BCUT2D eigenvalue weighted by Gasteiger charge is 2.40. The minimum Gasteiger partial charge on any atom is -0.481 e. The third-order valence-electron chi connectivity index (χ3n) is 3.31. The van der Waals surface area contributed by atoms with E-state index in [2.05, 4.69) is 5.32 Å². The second-order valence-corrected chi connectivity index (χ2v) is 5.15. The van der Waals surface area contributed by atoms with Crippen LogP contribution in [0.2, 0.25) is 0 Å². The zero-order valence-electron chi connectivity index (χ0n) is 11.0. The Bertz CT molecular complexity index is 369. The van der Waals surface area contributed by atoms with Crippen LogP contribution in [0.4, 0.5) is 0 Å². The topological polar surface area (TPSA) is 86.7 Å². The monoisotopic (exact) mass is 256 g/mol. The van der Waals surface area contributed by atoms with E-state index in [1.54, 1.807) is 13.8 Å². The van der Waals surface area contributed by atoms with Gasteiger partial charge < -0.3 is 15.3 Å². The van der Waals surface area contributed by atoms with Gasteiger partial charge in [-0.15, -0.1) is 0 Å². The van der Waals surface area contributed by atoms with Crippen molar-refractivity contribution < 1.29 is 19.5 Å². The minimum atomic E-state index is -0.885. The molecule has 1 heterocycles. The highest BCUT2D eigenvalue weighted by Crippen LogP contribution is 2.29. The van der Waals surface area contributed by atoms with E-state index in [1.807, 2.05) is 0 Å². The summed E-state index contributed by atoms with van der Waals surface area (Å²) >= 11 is 0. The minimum absolute atomic E-state index is 0.199. The normalized spacial score (nSPS) is 25.4. The van der Waals surface area contributed by atoms with Gasteiger partial charge in [0.15, 0.2) is 0 Å². The highest BCUT2D eigenvalue weighted by molar-refractivity contribution is 5.87. The summed E-state index contributed by atoms with van der Waals surface area (Å²) in [4.78, 5) is 35.7. The number of rotatable bonds is 3. The molecule has 1 aliphatic rings. The Balaban J connectivity index is 2.69. The van der Waals surface area contributed by atoms with Gasteiger partial charge in [0, 0.05) is 20.0 Å². The fourth-order valence-electron chi connectivity index (χ4n) is 2.24. The molecule has 0 aromatic rings. The summed E-state index contributed by atoms with van der Waals surface area (Å²) in [6.07, 6.45) is 1.24. The molecule has 1 fully saturated rings. The zero-order valence-corrected chi connectivity index (χ0v) is 11.0. The molecule has 2 atom stereocenters. The van der Waals surface area contributed by atoms with E-state index >= 15 is 0 Å². The van der Waals surface area contributed by atoms with Crippen molar-refractivity contribution in [1.29, 1.82) is 0 Å². The third-order valence-corrected chi connectivity index (χ3v) is 3.31. The molecule has 0 radical (unpaired) electrons. The fourth-order valence-corrected chi connectivity index (χ4v) is 2.24. The summed E-state index contributed by atoms with van der Waals surface area (Å²) in [5.74, 6) is -1.38. The van der Waals surface area contributed by atoms with Crippen molar-refractivity contribution in [2.75, 3.05) is 13.1 Å². The highest BCUT2D eigenvalue weighted by atomic mass is 16.4. The van der Waals surface area contributed by atoms with Crippen LogP contribution in [0.5, 0.6) is 0 Å². The molecule has 0 aromatic heterocycles. The van der Waals surface area contributed by atoms with E-state index in [1.165, 1.54) is 11.8 Å². The SMILES string of the molecule is CC(=O)NC(C)C(=O)N1CCCC(C)(C(=O)O)C1. The molecule has 1 rings (SSSR count). The maximum absolute atomic E-state index is 12.1. The van der Waals surface area contributed by atoms with Crippen LogP contribution >= 0.6 is 0 Å². The number of nitrogens with one attached hydrogen (secondary N) is 1. The van der Waals surface area contributed by atoms with Crippen molar-refractivity contribution in [2.45, 2.75) is 39.7 Å². The molecule has 18 heavy (non-hydrogen) atoms. The Morgan fingerprint density at radius 1 is 1.39 bits per heavy atom. The number of likely N-dealkylation sites (tertiary alicyclic amines) is 1. The largest absolute Gasteiger partial charge is 0.481 e. The second-order valence-electron chi connectivity index (χ2n) is 5.15. The van der Waals surface area contributed by atoms with Gasteiger partial charge in [-0.05, 0) is 26.7 Å². The van der Waals surface area contributed by atoms with Gasteiger partial charge in [-0.1, -0.05) is 0 Å². The van der Waals surface area contributed by atoms with E-state index in [9.17, 15) is 19.5 Å². The molecule has 1 aliphatic heterocycles. The lowest BCUT2D eigenvalue weighted by molar-refractivity contribution is -0.154. The molecule has 1 saturated heterocycles. The van der Waals surface area contributed by atoms with Crippen LogP contribution in [0.15, 0.2) is 0 Å². The van der Waals surface area contributed by atoms with E-state index in [-0.39, 0.29) is 18.4 Å². The van der Waals surface area contributed by atoms with Gasteiger partial charge in [-0.2, -0.15) is 0 Å². The maximum atomic E-state index is 12.1. The van der Waals surface area contributed by atoms with Gasteiger partial charge in [0.05, 0.1) is 5.41 Å². The molecule has 2 amide bonds. The van der Waals surface area contributed by atoms with Crippen molar-refractivity contribution in [2.24, 2.45) is 5.41 Å². The van der Waals surface area contributed by atoms with Gasteiger partial charge in [0.25, 0.3) is 0 Å². The standard InChI is InChI=1S/C12H20N2O4/c1-8(13-9(2)15)10(16)14-6-4-5-12(3,7-14)11(17)18/h8H,4-7H2,1-3H3,(H,13,15)(H,17,18). The molecular formula is C12H20N2O4. The Labute approximate surface area is 106 Å². The van der Waals surface area contributed by atoms with Crippen LogP contribution in [-0.2, 0) is 14.4 Å². The number of carbonyl (C=O) groups excluding carboxylic acids is 2. The predicted octanol–water partition coefficient (Wildman–Crippen LogP) is 0.224. The molecule has 0 spiro atoms. The summed E-state index contributed by atoms with van der Waals surface area (Å²) < 4.78 is 0. The number of carbonyl (C=O) groups is 3. The summed E-state index contributed by atoms with van der Waals surface area (Å²) in [5.41, 5.74) is -0.885. The van der Waals surface area contributed by atoms with Crippen LogP contribution in [0, 0.1) is 5.41 Å². The maximum Gasteiger partial charge on any atom is 0.311 e. The van der Waals surface area contributed by atoms with Gasteiger partial charge in [-0.3, -0.25) is 14.4 Å². The first-order valence-electron chi connectivity index (χ1n) is 6.05. The fraction of sp³-hybridized carbons (Fsp3) is 0.750. The lowest BCUT2D eigenvalue weighted by Gasteiger charge is -2.38. The number of hydrogen-bond acceptors (Lipinski definition) is 3. The molecule has 6 heteroatoms. The summed E-state index contributed by atoms with van der Waals surface area (Å²) in [6, 6.07) is -0.612. The summed E-state index contributed by atoms with van der Waals surface area (Å²) in [6.45, 7) is 5.35. The van der Waals surface area contributed by atoms with Crippen molar-refractivity contribution in [1.82, 2.24) is 10.2 Å². The number of aliphatic carboxylic acids is 1. The number of amides is 2. The first-order valence-corrected chi connectivity index (χ1v) is 6.05. The van der Waals surface area contributed by atoms with E-state index < -0.39 is 17.4 Å². The molecule has 0 aromatic carbocycles. The average molecular weight is 256 g/mol. The Morgan fingerprint density at radius 2 is 2.00 bits per heavy atom. The van der Waals surface area contributed by atoms with E-state index in [0.717, 1.165) is 0 Å². The van der Waals surface area contributed by atoms with Gasteiger partial charge in [0.1, 0.15) is 6.04 Å². The third kappa shape index (κ3) is 3.21. The quantitative estimate of drug-likeness (QED) is 0.756. The molecular weight excluding hydrogens is 236 g/mol. The lowest BCUT2D eigenvalue weighted by Crippen LogP contribution is -2.53. The van der Waals surface area contributed by atoms with E-state index in [4.69, 9.17) is 0 Å². The Morgan fingerprint density at radius 3 is 2.50 bits per heavy atom. The molecule has 0 bridgehead atoms.